The van der Waals surface area contributed by atoms with Gasteiger partial charge in [-0.05, 0) is 29.3 Å². The van der Waals surface area contributed by atoms with Gasteiger partial charge in [0.25, 0.3) is 0 Å². The number of phenolic OH excluding ortho intramolecular Hbond substituents is 1. The lowest BCUT2D eigenvalue weighted by Gasteiger charge is -2.54. The summed E-state index contributed by atoms with van der Waals surface area (Å²) in [6.45, 7) is 0.682. The lowest BCUT2D eigenvalue weighted by atomic mass is 9.98. The van der Waals surface area contributed by atoms with Gasteiger partial charge in [0.2, 0.25) is 11.8 Å². The van der Waals surface area contributed by atoms with Crippen molar-refractivity contribution in [3.05, 3.63) is 95.6 Å². The van der Waals surface area contributed by atoms with Crippen LogP contribution in [0.15, 0.2) is 78.9 Å². The molecule has 3 aromatic carbocycles. The number of piperazine rings is 1. The van der Waals surface area contributed by atoms with Crippen molar-refractivity contribution in [3.63, 3.8) is 0 Å². The van der Waals surface area contributed by atoms with Crippen LogP contribution in [-0.4, -0.2) is 82.2 Å². The first-order chi connectivity index (χ1) is 19.4. The first-order valence-electron chi connectivity index (χ1n) is 13.2. The fourth-order valence-electron chi connectivity index (χ4n) is 5.40. The zero-order chi connectivity index (χ0) is 28.2. The first kappa shape index (κ1) is 27.0. The molecule has 10 heteroatoms. The lowest BCUT2D eigenvalue weighted by molar-refractivity contribution is -0.187. The third-order valence-corrected chi connectivity index (χ3v) is 7.35. The van der Waals surface area contributed by atoms with E-state index in [-0.39, 0.29) is 49.7 Å². The standard InChI is InChI=1S/C30H33N5O5/c1-32-20-28(37)34-25(16-21-12-14-24(36)15-13-21)29(38)33(18-23-10-6-7-11-26(23)40-2)19-27(34)35(32)30(39)31-17-22-8-4-3-5-9-22/h3-15,25,27,36H,16-20H2,1-2H3,(H,31,39)/t25-,27-/m0/s1. The van der Waals surface area contributed by atoms with E-state index in [2.05, 4.69) is 5.32 Å². The smallest absolute Gasteiger partial charge is 0.334 e. The minimum atomic E-state index is -0.830. The maximum absolute atomic E-state index is 14.0. The molecular formula is C30H33N5O5. The Labute approximate surface area is 233 Å². The Bertz CT molecular complexity index is 1370. The number of carbonyl (C=O) groups is 3. The van der Waals surface area contributed by atoms with Crippen molar-refractivity contribution in [1.29, 1.82) is 0 Å². The molecule has 40 heavy (non-hydrogen) atoms. The molecule has 2 atom stereocenters. The summed E-state index contributed by atoms with van der Waals surface area (Å²) in [6.07, 6.45) is -0.469. The SMILES string of the molecule is COc1ccccc1CN1C[C@H]2N(C(=O)CN(C)N2C(=O)NCc2ccccc2)[C@@H](Cc2ccc(O)cc2)C1=O. The number of methoxy groups -OCH3 is 1. The fraction of sp³-hybridized carbons (Fsp3) is 0.300. The number of hydrogen-bond donors (Lipinski definition) is 2. The highest BCUT2D eigenvalue weighted by Gasteiger charge is 2.50. The highest BCUT2D eigenvalue weighted by molar-refractivity contribution is 5.91. The molecule has 0 spiro atoms. The zero-order valence-electron chi connectivity index (χ0n) is 22.6. The van der Waals surface area contributed by atoms with Crippen LogP contribution >= 0.6 is 0 Å². The molecule has 0 saturated carbocycles. The second-order valence-corrected chi connectivity index (χ2v) is 10.0. The number of hydrogen-bond acceptors (Lipinski definition) is 6. The van der Waals surface area contributed by atoms with Crippen molar-refractivity contribution >= 4 is 17.8 Å². The molecule has 208 valence electrons. The highest BCUT2D eigenvalue weighted by atomic mass is 16.5. The maximum atomic E-state index is 14.0. The quantitative estimate of drug-likeness (QED) is 0.475. The summed E-state index contributed by atoms with van der Waals surface area (Å²) in [5.41, 5.74) is 2.57. The van der Waals surface area contributed by atoms with Gasteiger partial charge in [0.15, 0.2) is 0 Å². The van der Waals surface area contributed by atoms with E-state index < -0.39 is 12.2 Å². The van der Waals surface area contributed by atoms with E-state index in [9.17, 15) is 19.5 Å². The minimum absolute atomic E-state index is 0.0406. The largest absolute Gasteiger partial charge is 0.508 e. The number of urea groups is 1. The van der Waals surface area contributed by atoms with Crippen molar-refractivity contribution < 1.29 is 24.2 Å². The van der Waals surface area contributed by atoms with E-state index in [1.807, 2.05) is 54.6 Å². The molecule has 2 heterocycles. The number of rotatable bonds is 7. The Morgan fingerprint density at radius 3 is 2.40 bits per heavy atom. The van der Waals surface area contributed by atoms with E-state index in [1.165, 1.54) is 5.01 Å². The number of benzene rings is 3. The molecule has 0 radical (unpaired) electrons. The van der Waals surface area contributed by atoms with Gasteiger partial charge in [0, 0.05) is 32.1 Å². The topological polar surface area (TPSA) is 106 Å². The van der Waals surface area contributed by atoms with E-state index >= 15 is 0 Å². The van der Waals surface area contributed by atoms with Crippen molar-refractivity contribution in [1.82, 2.24) is 25.1 Å². The van der Waals surface area contributed by atoms with Crippen LogP contribution in [0.1, 0.15) is 16.7 Å². The number of likely N-dealkylation sites (N-methyl/N-ethyl adjacent to an activating group) is 1. The molecular weight excluding hydrogens is 510 g/mol. The lowest BCUT2D eigenvalue weighted by Crippen LogP contribution is -2.76. The Morgan fingerprint density at radius 2 is 1.68 bits per heavy atom. The van der Waals surface area contributed by atoms with Crippen molar-refractivity contribution in [3.8, 4) is 11.5 Å². The molecule has 10 nitrogen and oxygen atoms in total. The van der Waals surface area contributed by atoms with Crippen LogP contribution in [0.3, 0.4) is 0 Å². The average molecular weight is 544 g/mol. The second kappa shape index (κ2) is 11.7. The van der Waals surface area contributed by atoms with E-state index in [0.29, 0.717) is 12.3 Å². The van der Waals surface area contributed by atoms with Gasteiger partial charge in [-0.1, -0.05) is 60.7 Å². The first-order valence-corrected chi connectivity index (χ1v) is 13.2. The van der Waals surface area contributed by atoms with Crippen LogP contribution in [-0.2, 0) is 29.1 Å². The predicted molar refractivity (Wildman–Crippen MR) is 148 cm³/mol. The Hall–Kier alpha value is -4.57. The van der Waals surface area contributed by atoms with Crippen LogP contribution < -0.4 is 10.1 Å². The molecule has 0 unspecified atom stereocenters. The molecule has 3 aromatic rings. The second-order valence-electron chi connectivity index (χ2n) is 10.0. The number of nitrogens with one attached hydrogen (secondary N) is 1. The summed E-state index contributed by atoms with van der Waals surface area (Å²) >= 11 is 0. The maximum Gasteiger partial charge on any atom is 0.334 e. The number of hydrazine groups is 1. The highest BCUT2D eigenvalue weighted by Crippen LogP contribution is 2.30. The summed E-state index contributed by atoms with van der Waals surface area (Å²) in [5.74, 6) is 0.333. The average Bonchev–Trinajstić information content (AvgIpc) is 2.96. The van der Waals surface area contributed by atoms with Crippen LogP contribution in [0.25, 0.3) is 0 Å². The predicted octanol–water partition coefficient (Wildman–Crippen LogP) is 2.58. The molecule has 2 aliphatic heterocycles. The third kappa shape index (κ3) is 5.57. The van der Waals surface area contributed by atoms with Crippen molar-refractivity contribution in [2.24, 2.45) is 0 Å². The number of fused-ring (bicyclic) bond motifs is 1. The van der Waals surface area contributed by atoms with Gasteiger partial charge in [-0.2, -0.15) is 0 Å². The molecule has 4 amide bonds. The number of nitrogens with zero attached hydrogens (tertiary/aromatic N) is 4. The number of phenols is 1. The molecule has 0 aromatic heterocycles. The van der Waals surface area contributed by atoms with E-state index in [4.69, 9.17) is 4.74 Å². The van der Waals surface area contributed by atoms with Gasteiger partial charge >= 0.3 is 6.03 Å². The van der Waals surface area contributed by atoms with Crippen LogP contribution in [0.5, 0.6) is 11.5 Å². The monoisotopic (exact) mass is 543 g/mol. The summed E-state index contributed by atoms with van der Waals surface area (Å²) in [5, 5.41) is 15.9. The van der Waals surface area contributed by atoms with Crippen LogP contribution in [0, 0.1) is 0 Å². The van der Waals surface area contributed by atoms with Gasteiger partial charge in [0.1, 0.15) is 23.7 Å². The number of amides is 4. The Morgan fingerprint density at radius 1 is 0.975 bits per heavy atom. The van der Waals surface area contributed by atoms with Crippen LogP contribution in [0.2, 0.25) is 0 Å². The van der Waals surface area contributed by atoms with Gasteiger partial charge < -0.3 is 25.0 Å². The Kier molecular flexibility index (Phi) is 7.88. The van der Waals surface area contributed by atoms with Gasteiger partial charge in [-0.3, -0.25) is 9.59 Å². The fourth-order valence-corrected chi connectivity index (χ4v) is 5.40. The normalized spacial score (nSPS) is 19.4. The van der Waals surface area contributed by atoms with Gasteiger partial charge in [-0.25, -0.2) is 14.8 Å². The molecule has 2 N–H and O–H groups in total. The summed E-state index contributed by atoms with van der Waals surface area (Å²) in [6, 6.07) is 22.5. The van der Waals surface area contributed by atoms with Crippen molar-refractivity contribution in [2.45, 2.75) is 31.7 Å². The number of aromatic hydroxyl groups is 1. The zero-order valence-corrected chi connectivity index (χ0v) is 22.6. The van der Waals surface area contributed by atoms with E-state index in [0.717, 1.165) is 16.7 Å². The molecule has 0 bridgehead atoms. The summed E-state index contributed by atoms with van der Waals surface area (Å²) in [4.78, 5) is 44.2. The summed E-state index contributed by atoms with van der Waals surface area (Å²) < 4.78 is 5.52. The van der Waals surface area contributed by atoms with Crippen LogP contribution in [0.4, 0.5) is 4.79 Å². The number of para-hydroxylation sites is 1. The van der Waals surface area contributed by atoms with Gasteiger partial charge in [0.05, 0.1) is 20.2 Å². The summed E-state index contributed by atoms with van der Waals surface area (Å²) in [7, 11) is 3.28. The Balaban J connectivity index is 1.47. The molecule has 2 fully saturated rings. The minimum Gasteiger partial charge on any atom is -0.508 e. The molecule has 5 rings (SSSR count). The molecule has 2 aliphatic rings. The third-order valence-electron chi connectivity index (χ3n) is 7.35. The number of carbonyl (C=O) groups excluding carboxylic acids is 3. The van der Waals surface area contributed by atoms with E-state index in [1.54, 1.807) is 53.2 Å². The molecule has 2 saturated heterocycles. The number of ether oxygens (including phenoxy) is 1. The molecule has 0 aliphatic carbocycles. The van der Waals surface area contributed by atoms with Crippen molar-refractivity contribution in [2.75, 3.05) is 27.2 Å². The van der Waals surface area contributed by atoms with Gasteiger partial charge in [-0.15, -0.1) is 0 Å².